The highest BCUT2D eigenvalue weighted by Crippen LogP contribution is 2.28. The van der Waals surface area contributed by atoms with E-state index in [0.29, 0.717) is 28.6 Å². The lowest BCUT2D eigenvalue weighted by Gasteiger charge is -2.20. The average Bonchev–Trinajstić information content (AvgIpc) is 2.46. The third kappa shape index (κ3) is 3.82. The van der Waals surface area contributed by atoms with E-state index in [0.717, 1.165) is 0 Å². The van der Waals surface area contributed by atoms with Crippen molar-refractivity contribution in [3.8, 4) is 0 Å². The van der Waals surface area contributed by atoms with E-state index in [1.165, 1.54) is 6.07 Å². The molecule has 0 radical (unpaired) electrons. The van der Waals surface area contributed by atoms with E-state index < -0.39 is 5.82 Å². The lowest BCUT2D eigenvalue weighted by atomic mass is 9.98. The zero-order valence-electron chi connectivity index (χ0n) is 11.5. The molecule has 2 aromatic carbocycles. The van der Waals surface area contributed by atoms with E-state index in [4.69, 9.17) is 11.6 Å². The van der Waals surface area contributed by atoms with Crippen molar-refractivity contribution in [1.29, 1.82) is 0 Å². The van der Waals surface area contributed by atoms with E-state index in [9.17, 15) is 8.78 Å². The summed E-state index contributed by atoms with van der Waals surface area (Å²) in [5.74, 6) is -0.775. The molecule has 1 unspecified atom stereocenters. The molecule has 2 rings (SSSR count). The highest BCUT2D eigenvalue weighted by Gasteiger charge is 2.19. The first-order valence-corrected chi connectivity index (χ1v) is 7.81. The first kappa shape index (κ1) is 16.4. The zero-order chi connectivity index (χ0) is 15.4. The molecule has 0 saturated heterocycles. The molecular weight excluding hydrogens is 360 g/mol. The predicted molar refractivity (Wildman–Crippen MR) is 85.6 cm³/mol. The van der Waals surface area contributed by atoms with E-state index in [2.05, 4.69) is 21.2 Å². The van der Waals surface area contributed by atoms with Gasteiger partial charge in [0, 0.05) is 11.6 Å². The zero-order valence-corrected chi connectivity index (χ0v) is 13.8. The van der Waals surface area contributed by atoms with Crippen LogP contribution in [0.3, 0.4) is 0 Å². The standard InChI is InChI=1S/C16H15BrClF2N/c1-2-21-14(11-6-4-7-12(17)16(11)20)9-10-5-3-8-13(18)15(10)19/h3-8,14,21H,2,9H2,1H3. The maximum absolute atomic E-state index is 14.3. The summed E-state index contributed by atoms with van der Waals surface area (Å²) in [5, 5.41) is 3.27. The van der Waals surface area contributed by atoms with Crippen molar-refractivity contribution >= 4 is 27.5 Å². The molecule has 5 heteroatoms. The molecule has 1 nitrogen and oxygen atoms in total. The van der Waals surface area contributed by atoms with Gasteiger partial charge in [0.05, 0.1) is 9.50 Å². The second kappa shape index (κ2) is 7.34. The summed E-state index contributed by atoms with van der Waals surface area (Å²) in [6, 6.07) is 9.66. The molecule has 112 valence electrons. The summed E-state index contributed by atoms with van der Waals surface area (Å²) in [6.45, 7) is 2.58. The van der Waals surface area contributed by atoms with Gasteiger partial charge in [-0.15, -0.1) is 0 Å². The van der Waals surface area contributed by atoms with Gasteiger partial charge < -0.3 is 5.32 Å². The molecule has 0 aliphatic carbocycles. The topological polar surface area (TPSA) is 12.0 Å². The third-order valence-corrected chi connectivity index (χ3v) is 4.17. The summed E-state index contributed by atoms with van der Waals surface area (Å²) in [5.41, 5.74) is 0.971. The monoisotopic (exact) mass is 373 g/mol. The molecular formula is C16H15BrClF2N. The van der Waals surface area contributed by atoms with Crippen molar-refractivity contribution in [3.63, 3.8) is 0 Å². The average molecular weight is 375 g/mol. The van der Waals surface area contributed by atoms with Crippen LogP contribution in [0.15, 0.2) is 40.9 Å². The summed E-state index contributed by atoms with van der Waals surface area (Å²) in [7, 11) is 0. The van der Waals surface area contributed by atoms with Crippen LogP contribution in [-0.2, 0) is 6.42 Å². The summed E-state index contributed by atoms with van der Waals surface area (Å²) >= 11 is 8.98. The van der Waals surface area contributed by atoms with Crippen LogP contribution < -0.4 is 5.32 Å². The maximum Gasteiger partial charge on any atom is 0.145 e. The normalized spacial score (nSPS) is 12.4. The van der Waals surface area contributed by atoms with Gasteiger partial charge in [-0.05, 0) is 46.6 Å². The van der Waals surface area contributed by atoms with Crippen molar-refractivity contribution in [2.24, 2.45) is 0 Å². The van der Waals surface area contributed by atoms with Crippen LogP contribution >= 0.6 is 27.5 Å². The second-order valence-corrected chi connectivity index (χ2v) is 5.93. The van der Waals surface area contributed by atoms with Crippen LogP contribution in [0.1, 0.15) is 24.1 Å². The molecule has 0 amide bonds. The minimum atomic E-state index is -0.447. The molecule has 0 aliphatic heterocycles. The Morgan fingerprint density at radius 1 is 1.14 bits per heavy atom. The predicted octanol–water partition coefficient (Wildman–Crippen LogP) is 5.27. The Hall–Kier alpha value is -0.970. The Morgan fingerprint density at radius 2 is 1.86 bits per heavy atom. The van der Waals surface area contributed by atoms with Gasteiger partial charge in [-0.1, -0.05) is 42.8 Å². The number of likely N-dealkylation sites (N-methyl/N-ethyl adjacent to an activating group) is 1. The molecule has 1 N–H and O–H groups in total. The lowest BCUT2D eigenvalue weighted by molar-refractivity contribution is 0.496. The van der Waals surface area contributed by atoms with Gasteiger partial charge in [0.2, 0.25) is 0 Å². The first-order valence-electron chi connectivity index (χ1n) is 6.64. The van der Waals surface area contributed by atoms with Gasteiger partial charge >= 0.3 is 0 Å². The fourth-order valence-corrected chi connectivity index (χ4v) is 2.83. The SMILES string of the molecule is CCNC(Cc1cccc(Cl)c1F)c1cccc(Br)c1F. The second-order valence-electron chi connectivity index (χ2n) is 4.67. The van der Waals surface area contributed by atoms with Gasteiger partial charge in [-0.3, -0.25) is 0 Å². The molecule has 2 aromatic rings. The minimum absolute atomic E-state index is 0.0810. The quantitative estimate of drug-likeness (QED) is 0.751. The van der Waals surface area contributed by atoms with Crippen LogP contribution in [0, 0.1) is 11.6 Å². The highest BCUT2D eigenvalue weighted by atomic mass is 79.9. The molecule has 1 atom stereocenters. The van der Waals surface area contributed by atoms with Crippen molar-refractivity contribution in [2.75, 3.05) is 6.54 Å². The number of halogens is 4. The summed E-state index contributed by atoms with van der Waals surface area (Å²) in [6.07, 6.45) is 0.327. The summed E-state index contributed by atoms with van der Waals surface area (Å²) in [4.78, 5) is 0. The molecule has 0 saturated carbocycles. The number of benzene rings is 2. The van der Waals surface area contributed by atoms with Crippen LogP contribution in [0.2, 0.25) is 5.02 Å². The Balaban J connectivity index is 2.35. The fourth-order valence-electron chi connectivity index (χ4n) is 2.25. The molecule has 0 bridgehead atoms. The number of nitrogens with one attached hydrogen (secondary N) is 1. The van der Waals surface area contributed by atoms with Gasteiger partial charge in [0.15, 0.2) is 0 Å². The Morgan fingerprint density at radius 3 is 2.57 bits per heavy atom. The lowest BCUT2D eigenvalue weighted by Crippen LogP contribution is -2.24. The van der Waals surface area contributed by atoms with E-state index in [1.54, 1.807) is 30.3 Å². The van der Waals surface area contributed by atoms with Crippen molar-refractivity contribution in [3.05, 3.63) is 68.7 Å². The number of rotatable bonds is 5. The molecule has 0 fully saturated rings. The van der Waals surface area contributed by atoms with E-state index >= 15 is 0 Å². The van der Waals surface area contributed by atoms with Gasteiger partial charge in [0.1, 0.15) is 11.6 Å². The maximum atomic E-state index is 14.3. The summed E-state index contributed by atoms with van der Waals surface area (Å²) < 4.78 is 28.7. The third-order valence-electron chi connectivity index (χ3n) is 3.26. The van der Waals surface area contributed by atoms with Crippen LogP contribution in [0.5, 0.6) is 0 Å². The Kier molecular flexibility index (Phi) is 5.73. The molecule has 0 heterocycles. The highest BCUT2D eigenvalue weighted by molar-refractivity contribution is 9.10. The van der Waals surface area contributed by atoms with Gasteiger partial charge in [-0.2, -0.15) is 0 Å². The first-order chi connectivity index (χ1) is 10.0. The fraction of sp³-hybridized carbons (Fsp3) is 0.250. The van der Waals surface area contributed by atoms with Gasteiger partial charge in [0.25, 0.3) is 0 Å². The largest absolute Gasteiger partial charge is 0.310 e. The molecule has 0 aliphatic rings. The van der Waals surface area contributed by atoms with Crippen LogP contribution in [-0.4, -0.2) is 6.54 Å². The number of hydrogen-bond donors (Lipinski definition) is 1. The van der Waals surface area contributed by atoms with Crippen molar-refractivity contribution in [2.45, 2.75) is 19.4 Å². The Bertz CT molecular complexity index is 634. The van der Waals surface area contributed by atoms with Crippen molar-refractivity contribution < 1.29 is 8.78 Å². The van der Waals surface area contributed by atoms with Crippen LogP contribution in [0.25, 0.3) is 0 Å². The number of hydrogen-bond acceptors (Lipinski definition) is 1. The Labute approximate surface area is 136 Å². The van der Waals surface area contributed by atoms with Gasteiger partial charge in [-0.25, -0.2) is 8.78 Å². The van der Waals surface area contributed by atoms with Crippen LogP contribution in [0.4, 0.5) is 8.78 Å². The molecule has 0 spiro atoms. The van der Waals surface area contributed by atoms with E-state index in [1.807, 2.05) is 6.92 Å². The molecule has 0 aromatic heterocycles. The van der Waals surface area contributed by atoms with E-state index in [-0.39, 0.29) is 16.9 Å². The van der Waals surface area contributed by atoms with Crippen molar-refractivity contribution in [1.82, 2.24) is 5.32 Å². The minimum Gasteiger partial charge on any atom is -0.310 e. The molecule has 21 heavy (non-hydrogen) atoms. The smallest absolute Gasteiger partial charge is 0.145 e.